The van der Waals surface area contributed by atoms with Crippen LogP contribution < -0.4 is 10.1 Å². The second-order valence-electron chi connectivity index (χ2n) is 4.27. The highest BCUT2D eigenvalue weighted by molar-refractivity contribution is 5.57. The molecule has 1 aromatic heterocycles. The Bertz CT molecular complexity index is 622. The van der Waals surface area contributed by atoms with Crippen LogP contribution in [0.3, 0.4) is 0 Å². The van der Waals surface area contributed by atoms with Crippen LogP contribution in [0.15, 0.2) is 18.2 Å². The zero-order valence-corrected chi connectivity index (χ0v) is 11.9. The quantitative estimate of drug-likeness (QED) is 0.887. The zero-order chi connectivity index (χ0) is 15.2. The first kappa shape index (κ1) is 15.1. The van der Waals surface area contributed by atoms with Crippen LogP contribution in [0.5, 0.6) is 6.01 Å². The monoisotopic (exact) mass is 294 g/mol. The van der Waals surface area contributed by atoms with Crippen LogP contribution in [0.1, 0.15) is 20.3 Å². The lowest BCUT2D eigenvalue weighted by molar-refractivity contribution is 0.292. The summed E-state index contributed by atoms with van der Waals surface area (Å²) in [6.07, 6.45) is 0.794. The fourth-order valence-electron chi connectivity index (χ4n) is 1.64. The third-order valence-corrected chi connectivity index (χ3v) is 2.56. The normalized spacial score (nSPS) is 10.5. The van der Waals surface area contributed by atoms with Crippen molar-refractivity contribution in [1.29, 1.82) is 0 Å². The molecule has 2 rings (SSSR count). The van der Waals surface area contributed by atoms with E-state index in [4.69, 9.17) is 4.74 Å². The highest BCUT2D eigenvalue weighted by atomic mass is 19.1. The van der Waals surface area contributed by atoms with Crippen molar-refractivity contribution < 1.29 is 13.5 Å². The van der Waals surface area contributed by atoms with Gasteiger partial charge in [-0.05, 0) is 25.5 Å². The van der Waals surface area contributed by atoms with Crippen LogP contribution in [0.4, 0.5) is 14.7 Å². The molecule has 7 heteroatoms. The molecule has 0 aliphatic carbocycles. The van der Waals surface area contributed by atoms with Gasteiger partial charge < -0.3 is 10.1 Å². The van der Waals surface area contributed by atoms with Crippen molar-refractivity contribution in [1.82, 2.24) is 15.0 Å². The maximum atomic E-state index is 13.8. The number of ether oxygens (including phenoxy) is 1. The number of anilines is 1. The number of rotatable bonds is 6. The summed E-state index contributed by atoms with van der Waals surface area (Å²) >= 11 is 0. The van der Waals surface area contributed by atoms with Crippen molar-refractivity contribution in [3.63, 3.8) is 0 Å². The lowest BCUT2D eigenvalue weighted by Crippen LogP contribution is -2.08. The molecule has 1 N–H and O–H groups in total. The summed E-state index contributed by atoms with van der Waals surface area (Å²) in [5.41, 5.74) is 0.0966. The molecule has 21 heavy (non-hydrogen) atoms. The second-order valence-corrected chi connectivity index (χ2v) is 4.27. The first-order chi connectivity index (χ1) is 10.1. The van der Waals surface area contributed by atoms with Crippen LogP contribution in [0.2, 0.25) is 0 Å². The molecule has 0 bridgehead atoms. The van der Waals surface area contributed by atoms with E-state index in [9.17, 15) is 8.78 Å². The molecular weight excluding hydrogens is 278 g/mol. The summed E-state index contributed by atoms with van der Waals surface area (Å²) < 4.78 is 32.2. The van der Waals surface area contributed by atoms with Gasteiger partial charge in [0.25, 0.3) is 0 Å². The van der Waals surface area contributed by atoms with E-state index in [2.05, 4.69) is 20.3 Å². The Labute approximate surface area is 121 Å². The predicted molar refractivity (Wildman–Crippen MR) is 75.1 cm³/mol. The third-order valence-electron chi connectivity index (χ3n) is 2.56. The maximum Gasteiger partial charge on any atom is 0.321 e. The van der Waals surface area contributed by atoms with Crippen molar-refractivity contribution in [3.8, 4) is 17.4 Å². The molecular formula is C14H16F2N4O. The first-order valence-electron chi connectivity index (χ1n) is 6.72. The largest absolute Gasteiger partial charge is 0.463 e. The van der Waals surface area contributed by atoms with Crippen molar-refractivity contribution in [2.75, 3.05) is 18.5 Å². The van der Waals surface area contributed by atoms with Gasteiger partial charge in [-0.1, -0.05) is 6.92 Å². The smallest absolute Gasteiger partial charge is 0.321 e. The molecule has 0 saturated carbocycles. The highest BCUT2D eigenvalue weighted by Crippen LogP contribution is 2.22. The van der Waals surface area contributed by atoms with Crippen LogP contribution in [-0.4, -0.2) is 28.1 Å². The Morgan fingerprint density at radius 2 is 1.95 bits per heavy atom. The number of hydrogen-bond acceptors (Lipinski definition) is 5. The highest BCUT2D eigenvalue weighted by Gasteiger charge is 2.13. The molecule has 0 amide bonds. The molecule has 2 aromatic rings. The molecule has 0 aliphatic heterocycles. The van der Waals surface area contributed by atoms with E-state index in [1.165, 1.54) is 6.07 Å². The molecule has 0 saturated heterocycles. The van der Waals surface area contributed by atoms with Crippen molar-refractivity contribution in [3.05, 3.63) is 29.8 Å². The van der Waals surface area contributed by atoms with Crippen LogP contribution in [0.25, 0.3) is 11.4 Å². The Morgan fingerprint density at radius 3 is 2.62 bits per heavy atom. The van der Waals surface area contributed by atoms with Gasteiger partial charge in [-0.2, -0.15) is 15.0 Å². The van der Waals surface area contributed by atoms with E-state index in [0.717, 1.165) is 18.6 Å². The first-order valence-corrected chi connectivity index (χ1v) is 6.72. The Hall–Kier alpha value is -2.31. The van der Waals surface area contributed by atoms with E-state index in [0.29, 0.717) is 13.2 Å². The lowest BCUT2D eigenvalue weighted by Gasteiger charge is -2.09. The van der Waals surface area contributed by atoms with Crippen molar-refractivity contribution in [2.45, 2.75) is 20.3 Å². The van der Waals surface area contributed by atoms with Gasteiger partial charge in [0.2, 0.25) is 5.95 Å². The van der Waals surface area contributed by atoms with Gasteiger partial charge in [0.15, 0.2) is 5.82 Å². The maximum absolute atomic E-state index is 13.8. The summed E-state index contributed by atoms with van der Waals surface area (Å²) in [6, 6.07) is 3.35. The number of halogens is 2. The minimum atomic E-state index is -0.731. The van der Waals surface area contributed by atoms with E-state index in [1.54, 1.807) is 0 Å². The van der Waals surface area contributed by atoms with Gasteiger partial charge >= 0.3 is 6.01 Å². The molecule has 5 nitrogen and oxygen atoms in total. The fourth-order valence-corrected chi connectivity index (χ4v) is 1.64. The molecule has 112 valence electrons. The minimum Gasteiger partial charge on any atom is -0.463 e. The Kier molecular flexibility index (Phi) is 4.97. The van der Waals surface area contributed by atoms with Crippen LogP contribution >= 0.6 is 0 Å². The molecule has 0 unspecified atom stereocenters. The van der Waals surface area contributed by atoms with E-state index in [-0.39, 0.29) is 23.3 Å². The van der Waals surface area contributed by atoms with E-state index >= 15 is 0 Å². The average Bonchev–Trinajstić information content (AvgIpc) is 2.45. The van der Waals surface area contributed by atoms with Gasteiger partial charge in [-0.15, -0.1) is 0 Å². The van der Waals surface area contributed by atoms with Crippen molar-refractivity contribution >= 4 is 5.95 Å². The summed E-state index contributed by atoms with van der Waals surface area (Å²) in [7, 11) is 0. The number of nitrogens with one attached hydrogen (secondary N) is 1. The SMILES string of the molecule is CCCOc1nc(NCC)nc(-c2ccc(F)cc2F)n1. The molecule has 0 atom stereocenters. The Morgan fingerprint density at radius 1 is 1.14 bits per heavy atom. The third kappa shape index (κ3) is 3.84. The molecule has 0 radical (unpaired) electrons. The standard InChI is InChI=1S/C14H16F2N4O/c1-3-7-21-14-19-12(18-13(20-14)17-4-2)10-6-5-9(15)8-11(10)16/h5-6,8H,3-4,7H2,1-2H3,(H,17,18,19,20). The summed E-state index contributed by atoms with van der Waals surface area (Å²) in [6.45, 7) is 4.88. The second kappa shape index (κ2) is 6.92. The number of aromatic nitrogens is 3. The minimum absolute atomic E-state index is 0.0966. The van der Waals surface area contributed by atoms with Gasteiger partial charge in [0.1, 0.15) is 11.6 Å². The zero-order valence-electron chi connectivity index (χ0n) is 11.9. The number of hydrogen-bond donors (Lipinski definition) is 1. The van der Waals surface area contributed by atoms with Gasteiger partial charge in [-0.3, -0.25) is 0 Å². The molecule has 0 fully saturated rings. The van der Waals surface area contributed by atoms with Crippen LogP contribution in [-0.2, 0) is 0 Å². The van der Waals surface area contributed by atoms with Gasteiger partial charge in [0.05, 0.1) is 12.2 Å². The van der Waals surface area contributed by atoms with Gasteiger partial charge in [0, 0.05) is 12.6 Å². The van der Waals surface area contributed by atoms with Crippen LogP contribution in [0, 0.1) is 11.6 Å². The number of nitrogens with zero attached hydrogens (tertiary/aromatic N) is 3. The van der Waals surface area contributed by atoms with E-state index < -0.39 is 11.6 Å². The predicted octanol–water partition coefficient (Wildman–Crippen LogP) is 3.04. The Balaban J connectivity index is 2.43. The molecule has 0 aliphatic rings. The van der Waals surface area contributed by atoms with Crippen molar-refractivity contribution in [2.24, 2.45) is 0 Å². The van der Waals surface area contributed by atoms with E-state index in [1.807, 2.05) is 13.8 Å². The molecule has 1 heterocycles. The summed E-state index contributed by atoms with van der Waals surface area (Å²) in [5.74, 6) is -0.994. The topological polar surface area (TPSA) is 59.9 Å². The fraction of sp³-hybridized carbons (Fsp3) is 0.357. The average molecular weight is 294 g/mol. The summed E-state index contributed by atoms with van der Waals surface area (Å²) in [5, 5.41) is 2.93. The molecule has 0 spiro atoms. The summed E-state index contributed by atoms with van der Waals surface area (Å²) in [4.78, 5) is 12.3. The van der Waals surface area contributed by atoms with Gasteiger partial charge in [-0.25, -0.2) is 8.78 Å². The lowest BCUT2D eigenvalue weighted by atomic mass is 10.2. The number of benzene rings is 1. The molecule has 1 aromatic carbocycles.